The second-order valence-electron chi connectivity index (χ2n) is 6.12. The van der Waals surface area contributed by atoms with Gasteiger partial charge in [-0.2, -0.15) is 11.8 Å². The summed E-state index contributed by atoms with van der Waals surface area (Å²) in [6, 6.07) is 0. The maximum Gasteiger partial charge on any atom is 0.0684 e. The molecule has 0 aromatic rings. The number of hydrogen-bond acceptors (Lipinski definition) is 3. The largest absolute Gasteiger partial charge is 0.392 e. The second kappa shape index (κ2) is 7.16. The molecule has 2 unspecified atom stereocenters. The Balaban J connectivity index is 1.57. The average molecular weight is 272 g/mol. The SMILES string of the molecule is CC1(C(O)CCCCC2CCOCC2)CCCS1. The van der Waals surface area contributed by atoms with Gasteiger partial charge in [0.15, 0.2) is 0 Å². The molecule has 18 heavy (non-hydrogen) atoms. The van der Waals surface area contributed by atoms with Crippen LogP contribution < -0.4 is 0 Å². The van der Waals surface area contributed by atoms with E-state index in [-0.39, 0.29) is 10.9 Å². The van der Waals surface area contributed by atoms with E-state index in [9.17, 15) is 5.11 Å². The maximum absolute atomic E-state index is 10.3. The third-order valence-corrected chi connectivity index (χ3v) is 6.26. The lowest BCUT2D eigenvalue weighted by atomic mass is 9.91. The van der Waals surface area contributed by atoms with E-state index in [2.05, 4.69) is 6.92 Å². The Morgan fingerprint density at radius 2 is 2.11 bits per heavy atom. The minimum atomic E-state index is -0.0975. The number of rotatable bonds is 6. The van der Waals surface area contributed by atoms with Crippen LogP contribution in [0.5, 0.6) is 0 Å². The summed E-state index contributed by atoms with van der Waals surface area (Å²) in [6.45, 7) is 4.16. The Morgan fingerprint density at radius 3 is 2.78 bits per heavy atom. The van der Waals surface area contributed by atoms with Gasteiger partial charge in [0.25, 0.3) is 0 Å². The van der Waals surface area contributed by atoms with Crippen molar-refractivity contribution in [1.82, 2.24) is 0 Å². The zero-order chi connectivity index (χ0) is 12.8. The van der Waals surface area contributed by atoms with Crippen LogP contribution in [0, 0.1) is 5.92 Å². The quantitative estimate of drug-likeness (QED) is 0.749. The highest BCUT2D eigenvalue weighted by molar-refractivity contribution is 8.00. The lowest BCUT2D eigenvalue weighted by molar-refractivity contribution is 0.0622. The molecule has 0 amide bonds. The van der Waals surface area contributed by atoms with Gasteiger partial charge in [-0.25, -0.2) is 0 Å². The van der Waals surface area contributed by atoms with Crippen molar-refractivity contribution < 1.29 is 9.84 Å². The monoisotopic (exact) mass is 272 g/mol. The topological polar surface area (TPSA) is 29.5 Å². The summed E-state index contributed by atoms with van der Waals surface area (Å²) in [5, 5.41) is 10.3. The highest BCUT2D eigenvalue weighted by Gasteiger charge is 2.36. The van der Waals surface area contributed by atoms with Gasteiger partial charge in [0, 0.05) is 18.0 Å². The number of aliphatic hydroxyl groups is 1. The first-order valence-electron chi connectivity index (χ1n) is 7.60. The van der Waals surface area contributed by atoms with Crippen LogP contribution in [0.3, 0.4) is 0 Å². The van der Waals surface area contributed by atoms with Gasteiger partial charge >= 0.3 is 0 Å². The minimum Gasteiger partial charge on any atom is -0.392 e. The second-order valence-corrected chi connectivity index (χ2v) is 7.75. The van der Waals surface area contributed by atoms with Gasteiger partial charge in [-0.1, -0.05) is 19.3 Å². The number of unbranched alkanes of at least 4 members (excludes halogenated alkanes) is 1. The summed E-state index contributed by atoms with van der Waals surface area (Å²) in [7, 11) is 0. The summed E-state index contributed by atoms with van der Waals surface area (Å²) in [5.41, 5.74) is 0. The average Bonchev–Trinajstić information content (AvgIpc) is 2.84. The van der Waals surface area contributed by atoms with E-state index in [1.54, 1.807) is 0 Å². The Morgan fingerprint density at radius 1 is 1.33 bits per heavy atom. The molecule has 0 spiro atoms. The molecule has 2 rings (SSSR count). The molecule has 2 nitrogen and oxygen atoms in total. The van der Waals surface area contributed by atoms with E-state index < -0.39 is 0 Å². The third kappa shape index (κ3) is 4.14. The van der Waals surface area contributed by atoms with E-state index in [0.717, 1.165) is 25.6 Å². The Hall–Kier alpha value is 0.270. The van der Waals surface area contributed by atoms with Crippen LogP contribution in [0.1, 0.15) is 58.3 Å². The smallest absolute Gasteiger partial charge is 0.0684 e. The fraction of sp³-hybridized carbons (Fsp3) is 1.00. The molecule has 1 N–H and O–H groups in total. The summed E-state index contributed by atoms with van der Waals surface area (Å²) in [4.78, 5) is 0. The molecule has 2 fully saturated rings. The fourth-order valence-electron chi connectivity index (χ4n) is 3.17. The van der Waals surface area contributed by atoms with E-state index in [1.807, 2.05) is 11.8 Å². The summed E-state index contributed by atoms with van der Waals surface area (Å²) in [6.07, 6.45) is 9.66. The van der Waals surface area contributed by atoms with Gasteiger partial charge in [0.1, 0.15) is 0 Å². The first-order valence-corrected chi connectivity index (χ1v) is 8.59. The van der Waals surface area contributed by atoms with Crippen LogP contribution in [0.15, 0.2) is 0 Å². The van der Waals surface area contributed by atoms with Crippen LogP contribution >= 0.6 is 11.8 Å². The standard InChI is InChI=1S/C15H28O2S/c1-15(9-4-12-18-15)14(16)6-3-2-5-13-7-10-17-11-8-13/h13-14,16H,2-12H2,1H3. The highest BCUT2D eigenvalue weighted by Crippen LogP contribution is 2.41. The Kier molecular flexibility index (Phi) is 5.84. The number of ether oxygens (including phenoxy) is 1. The summed E-state index contributed by atoms with van der Waals surface area (Å²) < 4.78 is 5.53. The van der Waals surface area contributed by atoms with Gasteiger partial charge in [-0.05, 0) is 50.7 Å². The molecule has 2 saturated heterocycles. The van der Waals surface area contributed by atoms with Crippen molar-refractivity contribution in [2.24, 2.45) is 5.92 Å². The van der Waals surface area contributed by atoms with Crippen molar-refractivity contribution in [1.29, 1.82) is 0 Å². The molecule has 0 radical (unpaired) electrons. The predicted octanol–water partition coefficient (Wildman–Crippen LogP) is 3.62. The predicted molar refractivity (Wildman–Crippen MR) is 78.1 cm³/mol. The molecule has 2 aliphatic heterocycles. The molecule has 0 aromatic heterocycles. The van der Waals surface area contributed by atoms with Crippen LogP contribution in [-0.4, -0.2) is 34.9 Å². The van der Waals surface area contributed by atoms with Gasteiger partial charge in [0.05, 0.1) is 6.10 Å². The summed E-state index contributed by atoms with van der Waals surface area (Å²) in [5.74, 6) is 2.11. The molecular weight excluding hydrogens is 244 g/mol. The molecule has 0 bridgehead atoms. The number of aliphatic hydroxyl groups excluding tert-OH is 1. The highest BCUT2D eigenvalue weighted by atomic mass is 32.2. The molecule has 2 heterocycles. The van der Waals surface area contributed by atoms with Crippen LogP contribution in [-0.2, 0) is 4.74 Å². The van der Waals surface area contributed by atoms with Crippen molar-refractivity contribution in [3.05, 3.63) is 0 Å². The summed E-state index contributed by atoms with van der Waals surface area (Å²) >= 11 is 1.97. The van der Waals surface area contributed by atoms with E-state index in [0.29, 0.717) is 0 Å². The zero-order valence-electron chi connectivity index (χ0n) is 11.7. The van der Waals surface area contributed by atoms with E-state index in [1.165, 1.54) is 50.7 Å². The van der Waals surface area contributed by atoms with Crippen LogP contribution in [0.25, 0.3) is 0 Å². The van der Waals surface area contributed by atoms with Crippen molar-refractivity contribution >= 4 is 11.8 Å². The van der Waals surface area contributed by atoms with Gasteiger partial charge in [-0.3, -0.25) is 0 Å². The van der Waals surface area contributed by atoms with Gasteiger partial charge < -0.3 is 9.84 Å². The number of thioether (sulfide) groups is 1. The zero-order valence-corrected chi connectivity index (χ0v) is 12.5. The normalized spacial score (nSPS) is 31.7. The Labute approximate surface area is 116 Å². The first kappa shape index (κ1) is 14.7. The molecule has 0 saturated carbocycles. The van der Waals surface area contributed by atoms with Crippen molar-refractivity contribution in [2.75, 3.05) is 19.0 Å². The Bertz CT molecular complexity index is 233. The van der Waals surface area contributed by atoms with Gasteiger partial charge in [0.2, 0.25) is 0 Å². The van der Waals surface area contributed by atoms with Crippen LogP contribution in [0.2, 0.25) is 0 Å². The maximum atomic E-state index is 10.3. The van der Waals surface area contributed by atoms with Crippen LogP contribution in [0.4, 0.5) is 0 Å². The number of hydrogen-bond donors (Lipinski definition) is 1. The third-order valence-electron chi connectivity index (χ3n) is 4.64. The fourth-order valence-corrected chi connectivity index (χ4v) is 4.53. The molecule has 106 valence electrons. The van der Waals surface area contributed by atoms with E-state index in [4.69, 9.17) is 4.74 Å². The van der Waals surface area contributed by atoms with Gasteiger partial charge in [-0.15, -0.1) is 0 Å². The van der Waals surface area contributed by atoms with Crippen molar-refractivity contribution in [3.63, 3.8) is 0 Å². The molecule has 2 aliphatic rings. The molecule has 0 aromatic carbocycles. The van der Waals surface area contributed by atoms with Crippen molar-refractivity contribution in [2.45, 2.75) is 69.1 Å². The minimum absolute atomic E-state index is 0.0975. The lowest BCUT2D eigenvalue weighted by Gasteiger charge is -2.29. The lowest BCUT2D eigenvalue weighted by Crippen LogP contribution is -2.33. The van der Waals surface area contributed by atoms with E-state index >= 15 is 0 Å². The van der Waals surface area contributed by atoms with Crippen molar-refractivity contribution in [3.8, 4) is 0 Å². The molecular formula is C15H28O2S. The first-order chi connectivity index (χ1) is 8.71. The molecule has 2 atom stereocenters. The molecule has 3 heteroatoms. The molecule has 0 aliphatic carbocycles.